The maximum atomic E-state index is 12.0. The van der Waals surface area contributed by atoms with E-state index in [0.29, 0.717) is 11.6 Å². The van der Waals surface area contributed by atoms with E-state index in [4.69, 9.17) is 11.6 Å². The third-order valence-electron chi connectivity index (χ3n) is 2.97. The lowest BCUT2D eigenvalue weighted by Gasteiger charge is -2.23. The van der Waals surface area contributed by atoms with Crippen molar-refractivity contribution < 1.29 is 4.79 Å². The number of carbonyl (C=O) groups excluding carboxylic acids is 1. The molecule has 0 aliphatic rings. The number of aryl methyl sites for hydroxylation is 2. The molecule has 0 bridgehead atoms. The van der Waals surface area contributed by atoms with E-state index >= 15 is 0 Å². The Bertz CT molecular complexity index is 476. The number of nitrogens with zero attached hydrogens (tertiary/aromatic N) is 2. The molecule has 0 fully saturated rings. The number of halogens is 1. The first-order valence-corrected chi connectivity index (χ1v) is 7.29. The smallest absolute Gasteiger partial charge is 0.237 e. The number of carbonyl (C=O) groups is 1. The molecule has 1 unspecified atom stereocenters. The molecular weight excluding hydrogens is 276 g/mol. The van der Waals surface area contributed by atoms with Crippen molar-refractivity contribution in [3.63, 3.8) is 0 Å². The molecule has 5 nitrogen and oxygen atoms in total. The van der Waals surface area contributed by atoms with Gasteiger partial charge in [-0.3, -0.25) is 9.48 Å². The van der Waals surface area contributed by atoms with Gasteiger partial charge in [0.2, 0.25) is 5.91 Å². The van der Waals surface area contributed by atoms with Crippen LogP contribution in [0, 0.1) is 0 Å². The summed E-state index contributed by atoms with van der Waals surface area (Å²) < 4.78 is 1.77. The Morgan fingerprint density at radius 1 is 1.45 bits per heavy atom. The SMILES string of the molecule is CCc1nn(C)c(CNC(C)C(=O)NC(C)(C)C)c1Cl. The van der Waals surface area contributed by atoms with Crippen LogP contribution in [0.25, 0.3) is 0 Å². The third kappa shape index (κ3) is 4.49. The summed E-state index contributed by atoms with van der Waals surface area (Å²) in [6, 6.07) is -0.287. The van der Waals surface area contributed by atoms with Crippen LogP contribution in [0.2, 0.25) is 5.02 Å². The third-order valence-corrected chi connectivity index (χ3v) is 3.41. The van der Waals surface area contributed by atoms with Crippen molar-refractivity contribution in [3.8, 4) is 0 Å². The van der Waals surface area contributed by atoms with Gasteiger partial charge in [-0.05, 0) is 34.1 Å². The fourth-order valence-corrected chi connectivity index (χ4v) is 2.19. The molecule has 1 atom stereocenters. The van der Waals surface area contributed by atoms with Crippen LogP contribution in [-0.2, 0) is 24.8 Å². The van der Waals surface area contributed by atoms with E-state index < -0.39 is 0 Å². The van der Waals surface area contributed by atoms with Gasteiger partial charge >= 0.3 is 0 Å². The zero-order chi connectivity index (χ0) is 15.5. The van der Waals surface area contributed by atoms with Gasteiger partial charge in [0.15, 0.2) is 0 Å². The Kier molecular flexibility index (Phi) is 5.59. The maximum Gasteiger partial charge on any atom is 0.237 e. The molecule has 0 aliphatic carbocycles. The van der Waals surface area contributed by atoms with Crippen LogP contribution in [0.3, 0.4) is 0 Å². The van der Waals surface area contributed by atoms with Crippen molar-refractivity contribution >= 4 is 17.5 Å². The van der Waals surface area contributed by atoms with Crippen LogP contribution >= 0.6 is 11.6 Å². The van der Waals surface area contributed by atoms with Gasteiger partial charge in [-0.1, -0.05) is 18.5 Å². The Balaban J connectivity index is 2.63. The van der Waals surface area contributed by atoms with Crippen LogP contribution in [0.4, 0.5) is 0 Å². The van der Waals surface area contributed by atoms with Gasteiger partial charge in [0.1, 0.15) is 0 Å². The number of nitrogens with one attached hydrogen (secondary N) is 2. The van der Waals surface area contributed by atoms with Gasteiger partial charge in [-0.25, -0.2) is 0 Å². The van der Waals surface area contributed by atoms with Gasteiger partial charge < -0.3 is 10.6 Å². The maximum absolute atomic E-state index is 12.0. The molecule has 1 heterocycles. The topological polar surface area (TPSA) is 59.0 Å². The van der Waals surface area contributed by atoms with Crippen LogP contribution < -0.4 is 10.6 Å². The molecule has 114 valence electrons. The second-order valence-corrected chi connectivity index (χ2v) is 6.40. The molecule has 1 rings (SSSR count). The van der Waals surface area contributed by atoms with E-state index in [-0.39, 0.29) is 17.5 Å². The van der Waals surface area contributed by atoms with E-state index in [1.165, 1.54) is 0 Å². The predicted molar refractivity (Wildman–Crippen MR) is 81.8 cm³/mol. The average Bonchev–Trinajstić information content (AvgIpc) is 2.59. The van der Waals surface area contributed by atoms with Gasteiger partial charge in [0.05, 0.1) is 22.5 Å². The van der Waals surface area contributed by atoms with Crippen molar-refractivity contribution in [1.29, 1.82) is 0 Å². The van der Waals surface area contributed by atoms with Gasteiger partial charge in [-0.2, -0.15) is 5.10 Å². The number of rotatable bonds is 5. The fraction of sp³-hybridized carbons (Fsp3) is 0.714. The Morgan fingerprint density at radius 3 is 2.50 bits per heavy atom. The van der Waals surface area contributed by atoms with Crippen molar-refractivity contribution in [1.82, 2.24) is 20.4 Å². The zero-order valence-electron chi connectivity index (χ0n) is 13.2. The number of hydrogen-bond donors (Lipinski definition) is 2. The van der Waals surface area contributed by atoms with Gasteiger partial charge in [-0.15, -0.1) is 0 Å². The summed E-state index contributed by atoms with van der Waals surface area (Å²) in [6.07, 6.45) is 0.798. The molecule has 0 spiro atoms. The normalized spacial score (nSPS) is 13.3. The van der Waals surface area contributed by atoms with E-state index in [1.54, 1.807) is 4.68 Å². The molecule has 1 aromatic heterocycles. The van der Waals surface area contributed by atoms with Crippen molar-refractivity contribution in [2.75, 3.05) is 0 Å². The minimum Gasteiger partial charge on any atom is -0.350 e. The van der Waals surface area contributed by atoms with E-state index in [9.17, 15) is 4.79 Å². The molecule has 2 N–H and O–H groups in total. The van der Waals surface area contributed by atoms with Crippen molar-refractivity contribution in [2.24, 2.45) is 7.05 Å². The Labute approximate surface area is 126 Å². The van der Waals surface area contributed by atoms with Gasteiger partial charge in [0.25, 0.3) is 0 Å². The second kappa shape index (κ2) is 6.59. The Morgan fingerprint density at radius 2 is 2.05 bits per heavy atom. The standard InChI is InChI=1S/C14H25ClN4O/c1-7-10-12(15)11(19(6)18-10)8-16-9(2)13(20)17-14(3,4)5/h9,16H,7-8H2,1-6H3,(H,17,20). The lowest BCUT2D eigenvalue weighted by molar-refractivity contribution is -0.124. The first kappa shape index (κ1) is 17.0. The quantitative estimate of drug-likeness (QED) is 0.875. The fourth-order valence-electron chi connectivity index (χ4n) is 1.83. The Hall–Kier alpha value is -1.07. The highest BCUT2D eigenvalue weighted by Gasteiger charge is 2.20. The van der Waals surface area contributed by atoms with Crippen LogP contribution in [0.1, 0.15) is 46.0 Å². The predicted octanol–water partition coefficient (Wildman–Crippen LogP) is 2.03. The molecule has 0 aliphatic heterocycles. The molecule has 6 heteroatoms. The summed E-state index contributed by atoms with van der Waals surface area (Å²) in [5.41, 5.74) is 1.56. The first-order valence-electron chi connectivity index (χ1n) is 6.91. The number of hydrogen-bond acceptors (Lipinski definition) is 3. The van der Waals surface area contributed by atoms with Crippen LogP contribution in [0.5, 0.6) is 0 Å². The zero-order valence-corrected chi connectivity index (χ0v) is 13.9. The monoisotopic (exact) mass is 300 g/mol. The summed E-state index contributed by atoms with van der Waals surface area (Å²) in [5, 5.41) is 11.2. The number of amides is 1. The molecule has 0 aromatic carbocycles. The van der Waals surface area contributed by atoms with E-state index in [2.05, 4.69) is 15.7 Å². The van der Waals surface area contributed by atoms with Gasteiger partial charge in [0, 0.05) is 19.1 Å². The second-order valence-electron chi connectivity index (χ2n) is 6.03. The van der Waals surface area contributed by atoms with E-state index in [1.807, 2.05) is 41.7 Å². The molecule has 1 amide bonds. The lowest BCUT2D eigenvalue weighted by atomic mass is 10.1. The van der Waals surface area contributed by atoms with Crippen LogP contribution in [-0.4, -0.2) is 27.3 Å². The highest BCUT2D eigenvalue weighted by Crippen LogP contribution is 2.20. The summed E-state index contributed by atoms with van der Waals surface area (Å²) in [7, 11) is 1.86. The average molecular weight is 301 g/mol. The van der Waals surface area contributed by atoms with E-state index in [0.717, 1.165) is 17.8 Å². The van der Waals surface area contributed by atoms with Crippen LogP contribution in [0.15, 0.2) is 0 Å². The largest absolute Gasteiger partial charge is 0.350 e. The number of aromatic nitrogens is 2. The highest BCUT2D eigenvalue weighted by molar-refractivity contribution is 6.31. The summed E-state index contributed by atoms with van der Waals surface area (Å²) in [5.74, 6) is -0.0218. The minimum atomic E-state index is -0.287. The first-order chi connectivity index (χ1) is 9.15. The summed E-state index contributed by atoms with van der Waals surface area (Å²) >= 11 is 6.28. The van der Waals surface area contributed by atoms with Crippen molar-refractivity contribution in [2.45, 2.75) is 59.2 Å². The molecule has 0 saturated carbocycles. The molecule has 0 saturated heterocycles. The molecule has 0 radical (unpaired) electrons. The van der Waals surface area contributed by atoms with Crippen molar-refractivity contribution in [3.05, 3.63) is 16.4 Å². The summed E-state index contributed by atoms with van der Waals surface area (Å²) in [4.78, 5) is 12.0. The molecular formula is C14H25ClN4O. The minimum absolute atomic E-state index is 0.0218. The highest BCUT2D eigenvalue weighted by atomic mass is 35.5. The molecule has 1 aromatic rings. The summed E-state index contributed by atoms with van der Waals surface area (Å²) in [6.45, 7) is 10.3. The molecule has 20 heavy (non-hydrogen) atoms. The lowest BCUT2D eigenvalue weighted by Crippen LogP contribution is -2.49.